The highest BCUT2D eigenvalue weighted by molar-refractivity contribution is 5.85. The molecule has 3 nitrogen and oxygen atoms in total. The molecule has 0 rings (SSSR count). The van der Waals surface area contributed by atoms with E-state index in [9.17, 15) is 4.79 Å². The molecular weight excluding hydrogens is 202 g/mol. The number of allylic oxidation sites excluding steroid dienone is 3. The van der Waals surface area contributed by atoms with Gasteiger partial charge in [-0.3, -0.25) is 9.63 Å². The summed E-state index contributed by atoms with van der Waals surface area (Å²) in [4.78, 5) is 16.9. The van der Waals surface area contributed by atoms with Gasteiger partial charge in [0.2, 0.25) is 0 Å². The lowest BCUT2D eigenvalue weighted by molar-refractivity contribution is -0.176. The highest BCUT2D eigenvalue weighted by atomic mass is 16.7. The third-order valence-electron chi connectivity index (χ3n) is 2.40. The van der Waals surface area contributed by atoms with Gasteiger partial charge in [-0.05, 0) is 32.4 Å². The first kappa shape index (κ1) is 14.5. The lowest BCUT2D eigenvalue weighted by Gasteiger charge is -2.28. The predicted octanol–water partition coefficient (Wildman–Crippen LogP) is 2.17. The van der Waals surface area contributed by atoms with E-state index >= 15 is 0 Å². The highest BCUT2D eigenvalue weighted by Gasteiger charge is 2.33. The van der Waals surface area contributed by atoms with Crippen molar-refractivity contribution in [1.82, 2.24) is 5.06 Å². The van der Waals surface area contributed by atoms with E-state index in [-0.39, 0.29) is 5.91 Å². The van der Waals surface area contributed by atoms with Gasteiger partial charge in [0.1, 0.15) is 0 Å². The van der Waals surface area contributed by atoms with Gasteiger partial charge in [-0.25, -0.2) is 5.06 Å². The number of hydrogen-bond donors (Lipinski definition) is 0. The van der Waals surface area contributed by atoms with Gasteiger partial charge in [-0.1, -0.05) is 18.1 Å². The summed E-state index contributed by atoms with van der Waals surface area (Å²) >= 11 is 0. The van der Waals surface area contributed by atoms with Crippen molar-refractivity contribution < 1.29 is 9.63 Å². The first-order chi connectivity index (χ1) is 7.41. The molecule has 0 aromatic carbocycles. The Bertz CT molecular complexity index is 345. The van der Waals surface area contributed by atoms with Crippen molar-refractivity contribution in [3.8, 4) is 12.3 Å². The second-order valence-corrected chi connectivity index (χ2v) is 3.88. The Morgan fingerprint density at radius 2 is 2.06 bits per heavy atom. The molecule has 0 saturated carbocycles. The summed E-state index contributed by atoms with van der Waals surface area (Å²) in [5.41, 5.74) is 0.0790. The van der Waals surface area contributed by atoms with E-state index in [0.29, 0.717) is 0 Å². The van der Waals surface area contributed by atoms with Crippen molar-refractivity contribution in [3.63, 3.8) is 0 Å². The Labute approximate surface area is 97.7 Å². The van der Waals surface area contributed by atoms with Crippen molar-refractivity contribution >= 4 is 5.91 Å². The molecule has 0 unspecified atom stereocenters. The lowest BCUT2D eigenvalue weighted by Crippen LogP contribution is -2.38. The van der Waals surface area contributed by atoms with Crippen LogP contribution in [0.3, 0.4) is 0 Å². The number of amides is 1. The molecule has 0 spiro atoms. The van der Waals surface area contributed by atoms with E-state index in [1.54, 1.807) is 13.1 Å². The van der Waals surface area contributed by atoms with Gasteiger partial charge >= 0.3 is 0 Å². The maximum absolute atomic E-state index is 12.0. The fourth-order valence-corrected chi connectivity index (χ4v) is 1.31. The summed E-state index contributed by atoms with van der Waals surface area (Å²) in [6, 6.07) is 0. The third kappa shape index (κ3) is 3.25. The molecule has 0 saturated heterocycles. The summed E-state index contributed by atoms with van der Waals surface area (Å²) in [5, 5.41) is 1.20. The van der Waals surface area contributed by atoms with Gasteiger partial charge in [-0.15, -0.1) is 6.42 Å². The average Bonchev–Trinajstić information content (AvgIpc) is 2.26. The molecule has 1 amide bonds. The van der Waals surface area contributed by atoms with Gasteiger partial charge in [0, 0.05) is 7.05 Å². The number of carbonyl (C=O) groups is 1. The molecule has 0 fully saturated rings. The summed E-state index contributed by atoms with van der Waals surface area (Å²) in [6.07, 6.45) is 10.5. The number of nitrogens with zero attached hydrogens (tertiary/aromatic N) is 1. The van der Waals surface area contributed by atoms with Crippen LogP contribution in [0, 0.1) is 17.8 Å². The van der Waals surface area contributed by atoms with Crippen LogP contribution >= 0.6 is 0 Å². The largest absolute Gasteiger partial charge is 0.275 e. The molecule has 0 aliphatic heterocycles. The smallest absolute Gasteiger partial charge is 0.255 e. The Balaban J connectivity index is 5.24. The molecule has 0 aromatic heterocycles. The van der Waals surface area contributed by atoms with Crippen LogP contribution in [-0.4, -0.2) is 25.1 Å². The van der Waals surface area contributed by atoms with Crippen LogP contribution in [0.15, 0.2) is 23.8 Å². The second-order valence-electron chi connectivity index (χ2n) is 3.88. The molecule has 16 heavy (non-hydrogen) atoms. The van der Waals surface area contributed by atoms with E-state index in [0.717, 1.165) is 5.57 Å². The quantitative estimate of drug-likeness (QED) is 0.413. The SMILES string of the molecule is C#CC=C(C=CC)C(C)(C)C(=O)N(C)OC. The van der Waals surface area contributed by atoms with Gasteiger partial charge in [0.15, 0.2) is 0 Å². The van der Waals surface area contributed by atoms with Crippen LogP contribution in [-0.2, 0) is 9.63 Å². The molecule has 88 valence electrons. The van der Waals surface area contributed by atoms with Crippen molar-refractivity contribution in [3.05, 3.63) is 23.8 Å². The summed E-state index contributed by atoms with van der Waals surface area (Å²) in [7, 11) is 3.03. The molecule has 0 aromatic rings. The fraction of sp³-hybridized carbons (Fsp3) is 0.462. The highest BCUT2D eigenvalue weighted by Crippen LogP contribution is 2.29. The first-order valence-corrected chi connectivity index (χ1v) is 5.03. The molecule has 0 aliphatic rings. The van der Waals surface area contributed by atoms with E-state index in [2.05, 4.69) is 5.92 Å². The number of hydroxylamine groups is 2. The third-order valence-corrected chi connectivity index (χ3v) is 2.40. The van der Waals surface area contributed by atoms with E-state index < -0.39 is 5.41 Å². The zero-order valence-electron chi connectivity index (χ0n) is 10.6. The second kappa shape index (κ2) is 6.14. The molecule has 0 N–H and O–H groups in total. The zero-order valence-corrected chi connectivity index (χ0v) is 10.6. The topological polar surface area (TPSA) is 29.5 Å². The monoisotopic (exact) mass is 221 g/mol. The van der Waals surface area contributed by atoms with Gasteiger partial charge in [0.05, 0.1) is 12.5 Å². The van der Waals surface area contributed by atoms with Crippen LogP contribution in [0.1, 0.15) is 20.8 Å². The maximum Gasteiger partial charge on any atom is 0.255 e. The molecule has 0 atom stereocenters. The van der Waals surface area contributed by atoms with E-state index in [1.807, 2.05) is 32.9 Å². The summed E-state index contributed by atoms with van der Waals surface area (Å²) < 4.78 is 0. The Morgan fingerprint density at radius 1 is 1.50 bits per heavy atom. The molecular formula is C13H19NO2. The van der Waals surface area contributed by atoms with Gasteiger partial charge in [-0.2, -0.15) is 0 Å². The van der Waals surface area contributed by atoms with E-state index in [1.165, 1.54) is 12.2 Å². The van der Waals surface area contributed by atoms with Gasteiger partial charge < -0.3 is 0 Å². The Hall–Kier alpha value is -1.53. The minimum atomic E-state index is -0.705. The van der Waals surface area contributed by atoms with Crippen LogP contribution in [0.4, 0.5) is 0 Å². The van der Waals surface area contributed by atoms with Gasteiger partial charge in [0.25, 0.3) is 5.91 Å². The van der Waals surface area contributed by atoms with Crippen molar-refractivity contribution in [2.75, 3.05) is 14.2 Å². The molecule has 3 heteroatoms. The first-order valence-electron chi connectivity index (χ1n) is 5.03. The average molecular weight is 221 g/mol. The molecule has 0 radical (unpaired) electrons. The van der Waals surface area contributed by atoms with Crippen LogP contribution < -0.4 is 0 Å². The number of carbonyl (C=O) groups excluding carboxylic acids is 1. The van der Waals surface area contributed by atoms with Crippen molar-refractivity contribution in [2.24, 2.45) is 5.41 Å². The zero-order chi connectivity index (χ0) is 12.8. The van der Waals surface area contributed by atoms with Crippen molar-refractivity contribution in [1.29, 1.82) is 0 Å². The van der Waals surface area contributed by atoms with E-state index in [4.69, 9.17) is 11.3 Å². The molecule has 0 bridgehead atoms. The maximum atomic E-state index is 12.0. The van der Waals surface area contributed by atoms with Crippen LogP contribution in [0.2, 0.25) is 0 Å². The number of rotatable bonds is 4. The van der Waals surface area contributed by atoms with Crippen molar-refractivity contribution in [2.45, 2.75) is 20.8 Å². The predicted molar refractivity (Wildman–Crippen MR) is 65.3 cm³/mol. The normalized spacial score (nSPS) is 12.6. The fourth-order valence-electron chi connectivity index (χ4n) is 1.31. The standard InChI is InChI=1S/C13H19NO2/c1-7-9-11(10-8-2)13(3,4)12(15)14(5)16-6/h1,8-10H,2-6H3. The summed E-state index contributed by atoms with van der Waals surface area (Å²) in [6.45, 7) is 5.51. The summed E-state index contributed by atoms with van der Waals surface area (Å²) in [5.74, 6) is 2.30. The molecule has 0 heterocycles. The Kier molecular flexibility index (Phi) is 5.55. The minimum Gasteiger partial charge on any atom is -0.275 e. The molecule has 0 aliphatic carbocycles. The minimum absolute atomic E-state index is 0.144. The lowest BCUT2D eigenvalue weighted by atomic mass is 9.82. The Morgan fingerprint density at radius 3 is 2.44 bits per heavy atom. The number of terminal acetylenes is 1. The van der Waals surface area contributed by atoms with Crippen LogP contribution in [0.5, 0.6) is 0 Å². The number of hydrogen-bond acceptors (Lipinski definition) is 2. The van der Waals surface area contributed by atoms with Crippen LogP contribution in [0.25, 0.3) is 0 Å².